The highest BCUT2D eigenvalue weighted by Crippen LogP contribution is 2.47. The van der Waals surface area contributed by atoms with E-state index >= 15 is 0 Å². The molecular weight excluding hydrogens is 412 g/mol. The fourth-order valence-corrected chi connectivity index (χ4v) is 6.35. The van der Waals surface area contributed by atoms with E-state index in [-0.39, 0.29) is 0 Å². The van der Waals surface area contributed by atoms with Crippen LogP contribution in [0, 0.1) is 0 Å². The molecule has 0 spiro atoms. The summed E-state index contributed by atoms with van der Waals surface area (Å²) in [6, 6.07) is 18.2. The summed E-state index contributed by atoms with van der Waals surface area (Å²) in [5.74, 6) is 0.871. The van der Waals surface area contributed by atoms with E-state index in [4.69, 9.17) is 4.98 Å². The minimum Gasteiger partial charge on any atom is -0.265 e. The minimum atomic E-state index is 0.387. The number of benzene rings is 2. The van der Waals surface area contributed by atoms with Crippen LogP contribution < -0.4 is 0 Å². The second-order valence-electron chi connectivity index (χ2n) is 10.1. The quantitative estimate of drug-likeness (QED) is 0.315. The SMILES string of the molecule is CCc1c(-c2ccnc(C3Cc4c3ccc(-c3ccncc3)c4C(C)C)c2)ccc2c1CCC2. The molecule has 0 amide bonds. The molecule has 2 heteroatoms. The highest BCUT2D eigenvalue weighted by molar-refractivity contribution is 5.74. The average molecular weight is 445 g/mol. The van der Waals surface area contributed by atoms with Gasteiger partial charge in [0.1, 0.15) is 0 Å². The fourth-order valence-electron chi connectivity index (χ4n) is 6.35. The second kappa shape index (κ2) is 8.51. The third kappa shape index (κ3) is 3.39. The van der Waals surface area contributed by atoms with Gasteiger partial charge in [-0.2, -0.15) is 0 Å². The Kier molecular flexibility index (Phi) is 5.32. The van der Waals surface area contributed by atoms with Crippen molar-refractivity contribution in [2.75, 3.05) is 0 Å². The summed E-state index contributed by atoms with van der Waals surface area (Å²) < 4.78 is 0. The van der Waals surface area contributed by atoms with Crippen LogP contribution in [0.1, 0.15) is 78.1 Å². The average Bonchev–Trinajstić information content (AvgIpc) is 3.33. The van der Waals surface area contributed by atoms with E-state index in [1.165, 1.54) is 63.9 Å². The Morgan fingerprint density at radius 2 is 1.65 bits per heavy atom. The first kappa shape index (κ1) is 21.3. The molecule has 0 radical (unpaired) electrons. The normalized spacial score (nSPS) is 16.3. The number of fused-ring (bicyclic) bond motifs is 2. The van der Waals surface area contributed by atoms with Crippen molar-refractivity contribution in [2.24, 2.45) is 0 Å². The van der Waals surface area contributed by atoms with Gasteiger partial charge in [0, 0.05) is 30.2 Å². The molecular formula is C32H32N2. The smallest absolute Gasteiger partial charge is 0.0487 e. The summed E-state index contributed by atoms with van der Waals surface area (Å²) >= 11 is 0. The summed E-state index contributed by atoms with van der Waals surface area (Å²) in [5.41, 5.74) is 15.7. The maximum absolute atomic E-state index is 4.86. The van der Waals surface area contributed by atoms with E-state index in [2.05, 4.69) is 74.3 Å². The Bertz CT molecular complexity index is 1370. The first-order valence-corrected chi connectivity index (χ1v) is 12.8. The van der Waals surface area contributed by atoms with Crippen molar-refractivity contribution < 1.29 is 0 Å². The number of hydrogen-bond donors (Lipinski definition) is 0. The molecule has 1 unspecified atom stereocenters. The highest BCUT2D eigenvalue weighted by Gasteiger charge is 2.33. The Morgan fingerprint density at radius 3 is 2.44 bits per heavy atom. The molecule has 2 aromatic heterocycles. The minimum absolute atomic E-state index is 0.387. The molecule has 34 heavy (non-hydrogen) atoms. The van der Waals surface area contributed by atoms with Crippen LogP contribution in [0.3, 0.4) is 0 Å². The zero-order chi connectivity index (χ0) is 23.2. The molecule has 0 saturated carbocycles. The Hall–Kier alpha value is -3.26. The number of aromatic nitrogens is 2. The molecule has 0 bridgehead atoms. The van der Waals surface area contributed by atoms with Gasteiger partial charge in [0.25, 0.3) is 0 Å². The number of aryl methyl sites for hydroxylation is 1. The van der Waals surface area contributed by atoms with Crippen LogP contribution in [0.15, 0.2) is 67.1 Å². The third-order valence-corrected chi connectivity index (χ3v) is 7.95. The van der Waals surface area contributed by atoms with Gasteiger partial charge in [-0.1, -0.05) is 45.0 Å². The molecule has 0 N–H and O–H groups in total. The molecule has 0 saturated heterocycles. The lowest BCUT2D eigenvalue weighted by Gasteiger charge is -2.35. The van der Waals surface area contributed by atoms with Crippen molar-refractivity contribution in [1.29, 1.82) is 0 Å². The molecule has 0 fully saturated rings. The van der Waals surface area contributed by atoms with Crippen LogP contribution >= 0.6 is 0 Å². The van der Waals surface area contributed by atoms with Gasteiger partial charge in [0.2, 0.25) is 0 Å². The van der Waals surface area contributed by atoms with E-state index in [0.717, 1.165) is 12.8 Å². The van der Waals surface area contributed by atoms with Gasteiger partial charge >= 0.3 is 0 Å². The van der Waals surface area contributed by atoms with Gasteiger partial charge < -0.3 is 0 Å². The van der Waals surface area contributed by atoms with E-state index in [1.807, 2.05) is 18.6 Å². The van der Waals surface area contributed by atoms with Gasteiger partial charge in [-0.05, 0) is 118 Å². The lowest BCUT2D eigenvalue weighted by molar-refractivity contribution is 0.664. The van der Waals surface area contributed by atoms with Gasteiger partial charge in [0.15, 0.2) is 0 Å². The molecule has 2 aromatic carbocycles. The molecule has 2 heterocycles. The number of hydrogen-bond acceptors (Lipinski definition) is 2. The van der Waals surface area contributed by atoms with Crippen LogP contribution in [0.4, 0.5) is 0 Å². The van der Waals surface area contributed by atoms with Crippen LogP contribution in [0.5, 0.6) is 0 Å². The van der Waals surface area contributed by atoms with Crippen molar-refractivity contribution in [3.05, 3.63) is 106 Å². The molecule has 1 atom stereocenters. The lowest BCUT2D eigenvalue weighted by atomic mass is 9.69. The van der Waals surface area contributed by atoms with Gasteiger partial charge in [-0.15, -0.1) is 0 Å². The summed E-state index contributed by atoms with van der Waals surface area (Å²) in [5, 5.41) is 0. The number of rotatable bonds is 5. The van der Waals surface area contributed by atoms with Crippen molar-refractivity contribution in [1.82, 2.24) is 9.97 Å². The zero-order valence-electron chi connectivity index (χ0n) is 20.4. The number of pyridine rings is 2. The topological polar surface area (TPSA) is 25.8 Å². The predicted molar refractivity (Wildman–Crippen MR) is 140 cm³/mol. The van der Waals surface area contributed by atoms with Crippen LogP contribution in [-0.4, -0.2) is 9.97 Å². The summed E-state index contributed by atoms with van der Waals surface area (Å²) in [6.45, 7) is 6.93. The maximum atomic E-state index is 4.86. The van der Waals surface area contributed by atoms with Crippen molar-refractivity contribution >= 4 is 0 Å². The summed E-state index contributed by atoms with van der Waals surface area (Å²) in [4.78, 5) is 9.07. The predicted octanol–water partition coefficient (Wildman–Crippen LogP) is 7.67. The van der Waals surface area contributed by atoms with Crippen molar-refractivity contribution in [3.63, 3.8) is 0 Å². The van der Waals surface area contributed by atoms with E-state index in [0.29, 0.717) is 11.8 Å². The highest BCUT2D eigenvalue weighted by atomic mass is 14.7. The Morgan fingerprint density at radius 1 is 0.853 bits per heavy atom. The van der Waals surface area contributed by atoms with Gasteiger partial charge in [-0.25, -0.2) is 0 Å². The first-order chi connectivity index (χ1) is 16.7. The molecule has 2 aliphatic rings. The lowest BCUT2D eigenvalue weighted by Crippen LogP contribution is -2.22. The monoisotopic (exact) mass is 444 g/mol. The molecule has 6 rings (SSSR count). The molecule has 170 valence electrons. The van der Waals surface area contributed by atoms with Crippen molar-refractivity contribution in [2.45, 2.75) is 64.7 Å². The second-order valence-corrected chi connectivity index (χ2v) is 10.1. The largest absolute Gasteiger partial charge is 0.265 e. The standard InChI is InChI=1S/C32H32N2/c1-4-24-25-7-5-6-21(25)8-9-26(24)23-14-17-34-31(18-23)29-19-30-28(29)11-10-27(32(30)20(2)3)22-12-15-33-16-13-22/h8-18,20,29H,4-7,19H2,1-3H3. The molecule has 0 aliphatic heterocycles. The maximum Gasteiger partial charge on any atom is 0.0487 e. The summed E-state index contributed by atoms with van der Waals surface area (Å²) in [7, 11) is 0. The zero-order valence-corrected chi connectivity index (χ0v) is 20.4. The summed E-state index contributed by atoms with van der Waals surface area (Å²) in [6.07, 6.45) is 11.7. The van der Waals surface area contributed by atoms with E-state index in [9.17, 15) is 0 Å². The Labute approximate surface area is 203 Å². The molecule has 4 aromatic rings. The van der Waals surface area contributed by atoms with Crippen LogP contribution in [0.25, 0.3) is 22.3 Å². The van der Waals surface area contributed by atoms with Gasteiger partial charge in [-0.3, -0.25) is 9.97 Å². The van der Waals surface area contributed by atoms with E-state index in [1.54, 1.807) is 16.7 Å². The number of nitrogens with zero attached hydrogens (tertiary/aromatic N) is 2. The molecule has 2 nitrogen and oxygen atoms in total. The first-order valence-electron chi connectivity index (χ1n) is 12.8. The van der Waals surface area contributed by atoms with Gasteiger partial charge in [0.05, 0.1) is 0 Å². The Balaban J connectivity index is 1.38. The van der Waals surface area contributed by atoms with Crippen molar-refractivity contribution in [3.8, 4) is 22.3 Å². The van der Waals surface area contributed by atoms with Crippen LogP contribution in [0.2, 0.25) is 0 Å². The van der Waals surface area contributed by atoms with Crippen LogP contribution in [-0.2, 0) is 25.7 Å². The fraction of sp³-hybridized carbons (Fsp3) is 0.312. The third-order valence-electron chi connectivity index (χ3n) is 7.95. The van der Waals surface area contributed by atoms with E-state index < -0.39 is 0 Å². The molecule has 2 aliphatic carbocycles.